The Morgan fingerprint density at radius 1 is 1.57 bits per heavy atom. The van der Waals surface area contributed by atoms with E-state index in [-0.39, 0.29) is 0 Å². The molecule has 42 valence electrons. The van der Waals surface area contributed by atoms with Gasteiger partial charge in [-0.25, -0.2) is 0 Å². The van der Waals surface area contributed by atoms with Gasteiger partial charge in [-0.2, -0.15) is 0 Å². The van der Waals surface area contributed by atoms with Crippen molar-refractivity contribution < 1.29 is 4.79 Å². The lowest BCUT2D eigenvalue weighted by Gasteiger charge is -2.05. The number of carbonyl (C=O) groups excluding carboxylic acids is 1. The predicted octanol–water partition coefficient (Wildman–Crippen LogP) is 1.77. The summed E-state index contributed by atoms with van der Waals surface area (Å²) in [6.07, 6.45) is 0. The quantitative estimate of drug-likeness (QED) is 0.401. The molecule has 0 spiro atoms. The molecule has 0 bridgehead atoms. The summed E-state index contributed by atoms with van der Waals surface area (Å²) in [6.45, 7) is 3.09. The first-order valence-corrected chi connectivity index (χ1v) is 2.59. The van der Waals surface area contributed by atoms with Crippen molar-refractivity contribution in [3.8, 4) is 0 Å². The highest BCUT2D eigenvalue weighted by Crippen LogP contribution is 2.15. The topological polar surface area (TPSA) is 17.1 Å². The second-order valence-corrected chi connectivity index (χ2v) is 3.03. The molecule has 0 saturated heterocycles. The first-order valence-electron chi connectivity index (χ1n) is 1.83. The first-order chi connectivity index (χ1) is 2.94. The molecule has 0 radical (unpaired) electrons. The Kier molecular flexibility index (Phi) is 2.09. The average molecular weight is 141 g/mol. The van der Waals surface area contributed by atoms with Crippen LogP contribution in [-0.4, -0.2) is 10.1 Å². The van der Waals surface area contributed by atoms with Crippen LogP contribution in [-0.2, 0) is 4.79 Å². The van der Waals surface area contributed by atoms with Gasteiger partial charge in [-0.05, 0) is 25.4 Å². The van der Waals surface area contributed by atoms with Crippen LogP contribution in [0.15, 0.2) is 0 Å². The van der Waals surface area contributed by atoms with Crippen LogP contribution in [0.25, 0.3) is 0 Å². The summed E-state index contributed by atoms with van der Waals surface area (Å²) in [5, 5.41) is -0.519. The molecule has 7 heavy (non-hydrogen) atoms. The number of hydrogen-bond acceptors (Lipinski definition) is 1. The van der Waals surface area contributed by atoms with E-state index in [2.05, 4.69) is 0 Å². The highest BCUT2D eigenvalue weighted by molar-refractivity contribution is 6.70. The van der Waals surface area contributed by atoms with Gasteiger partial charge in [0.2, 0.25) is 5.24 Å². The summed E-state index contributed by atoms with van der Waals surface area (Å²) >= 11 is 10.4. The van der Waals surface area contributed by atoms with E-state index in [0.717, 1.165) is 0 Å². The SMILES string of the molecule is CC(C)(Cl)C(=O)Cl. The highest BCUT2D eigenvalue weighted by Gasteiger charge is 2.20. The Labute approximate surface area is 52.6 Å². The molecule has 0 N–H and O–H groups in total. The zero-order chi connectivity index (χ0) is 6.08. The van der Waals surface area contributed by atoms with Crippen LogP contribution in [0.2, 0.25) is 0 Å². The van der Waals surface area contributed by atoms with Crippen molar-refractivity contribution in [1.82, 2.24) is 0 Å². The van der Waals surface area contributed by atoms with E-state index in [1.54, 1.807) is 13.8 Å². The van der Waals surface area contributed by atoms with E-state index in [9.17, 15) is 4.79 Å². The van der Waals surface area contributed by atoms with Gasteiger partial charge in [0.15, 0.2) is 0 Å². The number of carbonyl (C=O) groups is 1. The minimum absolute atomic E-state index is 0.519. The zero-order valence-corrected chi connectivity index (χ0v) is 5.68. The number of hydrogen-bond donors (Lipinski definition) is 0. The Bertz CT molecular complexity index is 82.2. The number of alkyl halides is 1. The molecule has 0 fully saturated rings. The summed E-state index contributed by atoms with van der Waals surface area (Å²) in [6, 6.07) is 0. The maximum Gasteiger partial charge on any atom is 0.242 e. The molecule has 1 nitrogen and oxygen atoms in total. The zero-order valence-electron chi connectivity index (χ0n) is 4.16. The minimum Gasteiger partial charge on any atom is -0.279 e. The van der Waals surface area contributed by atoms with Gasteiger partial charge < -0.3 is 0 Å². The van der Waals surface area contributed by atoms with Gasteiger partial charge in [-0.1, -0.05) is 0 Å². The molecule has 0 heterocycles. The average Bonchev–Trinajstić information content (AvgIpc) is 1.31. The Morgan fingerprint density at radius 3 is 1.71 bits per heavy atom. The monoisotopic (exact) mass is 140 g/mol. The fraction of sp³-hybridized carbons (Fsp3) is 0.750. The van der Waals surface area contributed by atoms with Crippen molar-refractivity contribution in [3.63, 3.8) is 0 Å². The third kappa shape index (κ3) is 2.89. The molecule has 0 rings (SSSR count). The van der Waals surface area contributed by atoms with Crippen LogP contribution in [0.3, 0.4) is 0 Å². The van der Waals surface area contributed by atoms with Crippen molar-refractivity contribution in [2.24, 2.45) is 0 Å². The van der Waals surface area contributed by atoms with Crippen LogP contribution in [0, 0.1) is 0 Å². The van der Waals surface area contributed by atoms with Crippen LogP contribution in [0.1, 0.15) is 13.8 Å². The first kappa shape index (κ1) is 7.25. The molecular weight excluding hydrogens is 135 g/mol. The summed E-state index contributed by atoms with van der Waals surface area (Å²) < 4.78 is 0. The molecule has 0 atom stereocenters. The maximum atomic E-state index is 10.1. The molecule has 0 aromatic carbocycles. The van der Waals surface area contributed by atoms with Crippen LogP contribution in [0.5, 0.6) is 0 Å². The molecule has 0 unspecified atom stereocenters. The predicted molar refractivity (Wildman–Crippen MR) is 30.8 cm³/mol. The fourth-order valence-corrected chi connectivity index (χ4v) is 0. The Morgan fingerprint density at radius 2 is 1.71 bits per heavy atom. The smallest absolute Gasteiger partial charge is 0.242 e. The number of rotatable bonds is 1. The second kappa shape index (κ2) is 2.01. The van der Waals surface area contributed by atoms with E-state index in [0.29, 0.717) is 0 Å². The third-order valence-electron chi connectivity index (χ3n) is 0.467. The van der Waals surface area contributed by atoms with Crippen LogP contribution in [0.4, 0.5) is 0 Å². The van der Waals surface area contributed by atoms with E-state index >= 15 is 0 Å². The van der Waals surface area contributed by atoms with E-state index < -0.39 is 10.1 Å². The van der Waals surface area contributed by atoms with E-state index in [1.807, 2.05) is 0 Å². The molecule has 0 aliphatic carbocycles. The van der Waals surface area contributed by atoms with Gasteiger partial charge in [-0.15, -0.1) is 11.6 Å². The molecule has 0 aliphatic heterocycles. The molecule has 0 aliphatic rings. The summed E-state index contributed by atoms with van der Waals surface area (Å²) in [5.74, 6) is 0. The normalized spacial score (nSPS) is 11.4. The standard InChI is InChI=1S/C4H6Cl2O/c1-4(2,6)3(5)7/h1-2H3. The van der Waals surface area contributed by atoms with Crippen molar-refractivity contribution in [1.29, 1.82) is 0 Å². The van der Waals surface area contributed by atoms with Gasteiger partial charge in [0.1, 0.15) is 4.87 Å². The van der Waals surface area contributed by atoms with Crippen LogP contribution >= 0.6 is 23.2 Å². The maximum absolute atomic E-state index is 10.1. The molecule has 0 aromatic heterocycles. The lowest BCUT2D eigenvalue weighted by Crippen LogP contribution is -2.18. The lowest BCUT2D eigenvalue weighted by molar-refractivity contribution is -0.113. The largest absolute Gasteiger partial charge is 0.279 e. The van der Waals surface area contributed by atoms with Gasteiger partial charge in [-0.3, -0.25) is 4.79 Å². The summed E-state index contributed by atoms with van der Waals surface area (Å²) in [7, 11) is 0. The summed E-state index contributed by atoms with van der Waals surface area (Å²) in [4.78, 5) is 9.20. The van der Waals surface area contributed by atoms with Gasteiger partial charge >= 0.3 is 0 Å². The van der Waals surface area contributed by atoms with Gasteiger partial charge in [0.25, 0.3) is 0 Å². The van der Waals surface area contributed by atoms with Crippen molar-refractivity contribution in [2.75, 3.05) is 0 Å². The van der Waals surface area contributed by atoms with Crippen LogP contribution < -0.4 is 0 Å². The fourth-order valence-electron chi connectivity index (χ4n) is 0. The lowest BCUT2D eigenvalue weighted by atomic mass is 10.2. The van der Waals surface area contributed by atoms with Crippen molar-refractivity contribution in [2.45, 2.75) is 18.7 Å². The van der Waals surface area contributed by atoms with Gasteiger partial charge in [0.05, 0.1) is 0 Å². The highest BCUT2D eigenvalue weighted by atomic mass is 35.5. The molecular formula is C4H6Cl2O. The molecule has 0 aromatic rings. The van der Waals surface area contributed by atoms with E-state index in [1.165, 1.54) is 0 Å². The molecule has 3 heteroatoms. The third-order valence-corrected chi connectivity index (χ3v) is 1.21. The van der Waals surface area contributed by atoms with Crippen molar-refractivity contribution >= 4 is 28.4 Å². The number of halogens is 2. The second-order valence-electron chi connectivity index (χ2n) is 1.75. The summed E-state index contributed by atoms with van der Waals surface area (Å²) in [5.41, 5.74) is 0. The van der Waals surface area contributed by atoms with Gasteiger partial charge in [0, 0.05) is 0 Å². The Balaban J connectivity index is 3.79. The van der Waals surface area contributed by atoms with Crippen molar-refractivity contribution in [3.05, 3.63) is 0 Å². The molecule has 0 amide bonds. The Hall–Kier alpha value is 0.250. The minimum atomic E-state index is -0.901. The molecule has 0 saturated carbocycles. The van der Waals surface area contributed by atoms with E-state index in [4.69, 9.17) is 23.2 Å².